The minimum absolute atomic E-state index is 0.0966. The molecule has 2 aliphatic heterocycles. The van der Waals surface area contributed by atoms with Crippen LogP contribution in [0.15, 0.2) is 48.5 Å². The molecule has 34 heavy (non-hydrogen) atoms. The minimum Gasteiger partial charge on any atom is -0.438 e. The second-order valence-corrected chi connectivity index (χ2v) is 9.32. The lowest BCUT2D eigenvalue weighted by Gasteiger charge is -2.34. The Bertz CT molecular complexity index is 1190. The monoisotopic (exact) mass is 477 g/mol. The molecule has 1 aromatic heterocycles. The van der Waals surface area contributed by atoms with Gasteiger partial charge in [0.15, 0.2) is 0 Å². The van der Waals surface area contributed by atoms with E-state index in [2.05, 4.69) is 16.8 Å². The number of carbonyl (C=O) groups excluding carboxylic acids is 1. The molecule has 0 N–H and O–H groups in total. The average Bonchev–Trinajstić information content (AvgIpc) is 2.85. The third-order valence-electron chi connectivity index (χ3n) is 6.42. The Morgan fingerprint density at radius 2 is 1.71 bits per heavy atom. The predicted molar refractivity (Wildman–Crippen MR) is 133 cm³/mol. The van der Waals surface area contributed by atoms with Crippen molar-refractivity contribution in [1.82, 2.24) is 19.8 Å². The molecule has 0 aliphatic carbocycles. The van der Waals surface area contributed by atoms with Gasteiger partial charge < -0.3 is 19.4 Å². The van der Waals surface area contributed by atoms with E-state index in [0.29, 0.717) is 47.7 Å². The molecule has 0 bridgehead atoms. The summed E-state index contributed by atoms with van der Waals surface area (Å²) in [4.78, 5) is 29.3. The molecule has 8 heteroatoms. The van der Waals surface area contributed by atoms with E-state index in [1.807, 2.05) is 43.3 Å². The lowest BCUT2D eigenvalue weighted by Crippen LogP contribution is -2.45. The number of nitrogens with zero attached hydrogens (tertiary/aromatic N) is 5. The molecule has 176 valence electrons. The summed E-state index contributed by atoms with van der Waals surface area (Å²) in [5.41, 5.74) is 3.45. The van der Waals surface area contributed by atoms with Crippen LogP contribution in [0.1, 0.15) is 27.2 Å². The number of hydrogen-bond donors (Lipinski definition) is 0. The van der Waals surface area contributed by atoms with E-state index in [1.165, 1.54) is 0 Å². The van der Waals surface area contributed by atoms with Gasteiger partial charge in [0.2, 0.25) is 11.8 Å². The van der Waals surface area contributed by atoms with E-state index in [-0.39, 0.29) is 5.91 Å². The van der Waals surface area contributed by atoms with Crippen molar-refractivity contribution in [2.45, 2.75) is 19.9 Å². The molecule has 1 amide bonds. The molecule has 3 heterocycles. The van der Waals surface area contributed by atoms with Crippen molar-refractivity contribution >= 4 is 23.5 Å². The average molecular weight is 478 g/mol. The van der Waals surface area contributed by atoms with E-state index in [0.717, 1.165) is 43.0 Å². The lowest BCUT2D eigenvalue weighted by molar-refractivity contribution is 0.0732. The third kappa shape index (κ3) is 4.72. The second-order valence-electron chi connectivity index (χ2n) is 8.92. The number of ether oxygens (including phenoxy) is 1. The Balaban J connectivity index is 1.48. The number of amides is 1. The topological polar surface area (TPSA) is 61.8 Å². The minimum atomic E-state index is -0.0966. The number of benzene rings is 2. The molecule has 2 aliphatic rings. The third-order valence-corrected chi connectivity index (χ3v) is 6.75. The molecule has 1 fully saturated rings. The normalized spacial score (nSPS) is 16.3. The van der Waals surface area contributed by atoms with Crippen LogP contribution in [-0.4, -0.2) is 65.4 Å². The maximum absolute atomic E-state index is 13.2. The van der Waals surface area contributed by atoms with Crippen LogP contribution in [0.3, 0.4) is 0 Å². The SMILES string of the molecule is Cc1ccc(Oc2nc(N3CCN(C)CC3)nc3c2CN(C(=O)c2ccccc2Cl)CC3)cc1. The van der Waals surface area contributed by atoms with Crippen molar-refractivity contribution in [1.29, 1.82) is 0 Å². The van der Waals surface area contributed by atoms with Crippen molar-refractivity contribution in [3.05, 3.63) is 75.9 Å². The number of rotatable bonds is 4. The first-order valence-electron chi connectivity index (χ1n) is 11.6. The number of fused-ring (bicyclic) bond motifs is 1. The van der Waals surface area contributed by atoms with Gasteiger partial charge in [-0.05, 0) is 38.2 Å². The Kier molecular flexibility index (Phi) is 6.39. The van der Waals surface area contributed by atoms with Crippen LogP contribution >= 0.6 is 11.6 Å². The van der Waals surface area contributed by atoms with Crippen molar-refractivity contribution in [2.75, 3.05) is 44.7 Å². The number of likely N-dealkylation sites (N-methyl/N-ethyl adjacent to an activating group) is 1. The van der Waals surface area contributed by atoms with Crippen LogP contribution in [-0.2, 0) is 13.0 Å². The van der Waals surface area contributed by atoms with E-state index < -0.39 is 0 Å². The fraction of sp³-hybridized carbons (Fsp3) is 0.346. The molecule has 0 spiro atoms. The van der Waals surface area contributed by atoms with Crippen molar-refractivity contribution in [2.24, 2.45) is 0 Å². The Hall–Kier alpha value is -3.16. The number of aromatic nitrogens is 2. The van der Waals surface area contributed by atoms with Gasteiger partial charge in [-0.3, -0.25) is 4.79 Å². The van der Waals surface area contributed by atoms with Gasteiger partial charge in [-0.1, -0.05) is 41.4 Å². The number of aryl methyl sites for hydroxylation is 1. The summed E-state index contributed by atoms with van der Waals surface area (Å²) < 4.78 is 6.29. The molecule has 5 rings (SSSR count). The summed E-state index contributed by atoms with van der Waals surface area (Å²) in [6, 6.07) is 15.1. The number of piperazine rings is 1. The molecule has 0 unspecified atom stereocenters. The highest BCUT2D eigenvalue weighted by atomic mass is 35.5. The van der Waals surface area contributed by atoms with Crippen LogP contribution in [0.4, 0.5) is 5.95 Å². The van der Waals surface area contributed by atoms with Gasteiger partial charge >= 0.3 is 0 Å². The second kappa shape index (κ2) is 9.60. The number of hydrogen-bond acceptors (Lipinski definition) is 6. The summed E-state index contributed by atoms with van der Waals surface area (Å²) in [6.45, 7) is 6.67. The molecule has 0 radical (unpaired) electrons. The first-order valence-corrected chi connectivity index (χ1v) is 12.0. The fourth-order valence-corrected chi connectivity index (χ4v) is 4.52. The standard InChI is InChI=1S/C26H28ClN5O2/c1-18-7-9-19(10-8-18)34-24-21-17-32(25(33)20-5-3-4-6-22(20)27)12-11-23(21)28-26(29-24)31-15-13-30(2)14-16-31/h3-10H,11-17H2,1-2H3. The molecular formula is C26H28ClN5O2. The van der Waals surface area contributed by atoms with Gasteiger partial charge in [-0.25, -0.2) is 4.98 Å². The molecule has 1 saturated heterocycles. The smallest absolute Gasteiger partial charge is 0.255 e. The van der Waals surface area contributed by atoms with E-state index in [4.69, 9.17) is 26.3 Å². The lowest BCUT2D eigenvalue weighted by atomic mass is 10.0. The summed E-state index contributed by atoms with van der Waals surface area (Å²) in [5, 5.41) is 0.455. The first-order chi connectivity index (χ1) is 16.5. The van der Waals surface area contributed by atoms with Gasteiger partial charge in [0, 0.05) is 39.1 Å². The molecule has 3 aromatic rings. The van der Waals surface area contributed by atoms with Crippen molar-refractivity contribution < 1.29 is 9.53 Å². The zero-order valence-corrected chi connectivity index (χ0v) is 20.3. The quantitative estimate of drug-likeness (QED) is 0.561. The van der Waals surface area contributed by atoms with Crippen LogP contribution in [0, 0.1) is 6.92 Å². The Morgan fingerprint density at radius 1 is 0.971 bits per heavy atom. The summed E-state index contributed by atoms with van der Waals surface area (Å²) in [6.07, 6.45) is 0.638. The van der Waals surface area contributed by atoms with E-state index >= 15 is 0 Å². The maximum atomic E-state index is 13.2. The molecular weight excluding hydrogens is 450 g/mol. The molecule has 0 atom stereocenters. The fourth-order valence-electron chi connectivity index (χ4n) is 4.30. The Labute approximate surface area is 204 Å². The molecule has 7 nitrogen and oxygen atoms in total. The number of halogens is 1. The predicted octanol–water partition coefficient (Wildman–Crippen LogP) is 4.18. The highest BCUT2D eigenvalue weighted by Crippen LogP contribution is 2.32. The van der Waals surface area contributed by atoms with Gasteiger partial charge in [0.05, 0.1) is 28.4 Å². The number of carbonyl (C=O) groups is 1. The highest BCUT2D eigenvalue weighted by molar-refractivity contribution is 6.33. The van der Waals surface area contributed by atoms with Gasteiger partial charge in [-0.2, -0.15) is 4.98 Å². The van der Waals surface area contributed by atoms with Crippen LogP contribution in [0.2, 0.25) is 5.02 Å². The van der Waals surface area contributed by atoms with Gasteiger partial charge in [0.25, 0.3) is 5.91 Å². The van der Waals surface area contributed by atoms with Crippen molar-refractivity contribution in [3.8, 4) is 11.6 Å². The van der Waals surface area contributed by atoms with Gasteiger partial charge in [0.1, 0.15) is 5.75 Å². The summed E-state index contributed by atoms with van der Waals surface area (Å²) in [7, 11) is 2.13. The van der Waals surface area contributed by atoms with E-state index in [1.54, 1.807) is 17.0 Å². The summed E-state index contributed by atoms with van der Waals surface area (Å²) in [5.74, 6) is 1.82. The number of anilines is 1. The highest BCUT2D eigenvalue weighted by Gasteiger charge is 2.29. The molecule has 0 saturated carbocycles. The zero-order chi connectivity index (χ0) is 23.7. The zero-order valence-electron chi connectivity index (χ0n) is 19.5. The van der Waals surface area contributed by atoms with Gasteiger partial charge in [-0.15, -0.1) is 0 Å². The van der Waals surface area contributed by atoms with Crippen LogP contribution in [0.5, 0.6) is 11.6 Å². The molecule has 2 aromatic carbocycles. The summed E-state index contributed by atoms with van der Waals surface area (Å²) >= 11 is 6.30. The van der Waals surface area contributed by atoms with Crippen molar-refractivity contribution in [3.63, 3.8) is 0 Å². The van der Waals surface area contributed by atoms with Crippen LogP contribution in [0.25, 0.3) is 0 Å². The Morgan fingerprint density at radius 3 is 2.44 bits per heavy atom. The van der Waals surface area contributed by atoms with E-state index in [9.17, 15) is 4.79 Å². The van der Waals surface area contributed by atoms with Crippen LogP contribution < -0.4 is 9.64 Å². The first kappa shape index (κ1) is 22.6. The maximum Gasteiger partial charge on any atom is 0.255 e. The largest absolute Gasteiger partial charge is 0.438 e.